The Morgan fingerprint density at radius 2 is 2.18 bits per heavy atom. The third-order valence-corrected chi connectivity index (χ3v) is 2.56. The van der Waals surface area contributed by atoms with Crippen molar-refractivity contribution >= 4 is 24.5 Å². The molecule has 0 aliphatic rings. The van der Waals surface area contributed by atoms with E-state index in [0.717, 1.165) is 0 Å². The van der Waals surface area contributed by atoms with E-state index in [1.165, 1.54) is 18.2 Å². The number of benzene rings is 1. The summed E-state index contributed by atoms with van der Waals surface area (Å²) in [6, 6.07) is 6.59. The standard InChI is InChI=1S/C6H5ClO3P/c7-5-3-1-2-4-6(5)11(8,9)10/h1,3-4H,(H2,8,9,10). The zero-order chi connectivity index (χ0) is 8.48. The molecule has 0 amide bonds. The molecule has 0 aromatic heterocycles. The summed E-state index contributed by atoms with van der Waals surface area (Å²) >= 11 is 5.50. The molecule has 0 unspecified atom stereocenters. The highest BCUT2D eigenvalue weighted by Gasteiger charge is 2.19. The molecule has 0 atom stereocenters. The molecule has 2 N–H and O–H groups in total. The molecule has 0 aliphatic carbocycles. The Bertz CT molecular complexity index is 306. The lowest BCUT2D eigenvalue weighted by Gasteiger charge is -2.03. The largest absolute Gasteiger partial charge is 0.357 e. The molecular weight excluding hydrogens is 186 g/mol. The fourth-order valence-electron chi connectivity index (χ4n) is 0.626. The van der Waals surface area contributed by atoms with Crippen molar-refractivity contribution in [2.75, 3.05) is 0 Å². The Balaban J connectivity index is 3.25. The number of rotatable bonds is 1. The monoisotopic (exact) mass is 191 g/mol. The van der Waals surface area contributed by atoms with Crippen LogP contribution in [0.3, 0.4) is 0 Å². The van der Waals surface area contributed by atoms with E-state index in [1.807, 2.05) is 0 Å². The summed E-state index contributed by atoms with van der Waals surface area (Å²) in [6.07, 6.45) is 0. The molecule has 3 nitrogen and oxygen atoms in total. The van der Waals surface area contributed by atoms with Crippen molar-refractivity contribution in [2.45, 2.75) is 0 Å². The summed E-state index contributed by atoms with van der Waals surface area (Å²) in [6.45, 7) is 0. The lowest BCUT2D eigenvalue weighted by molar-refractivity contribution is 0.387. The van der Waals surface area contributed by atoms with Gasteiger partial charge in [-0.25, -0.2) is 0 Å². The van der Waals surface area contributed by atoms with Crippen molar-refractivity contribution in [1.82, 2.24) is 0 Å². The van der Waals surface area contributed by atoms with E-state index in [1.54, 1.807) is 0 Å². The second-order valence-electron chi connectivity index (χ2n) is 1.92. The third kappa shape index (κ3) is 2.04. The van der Waals surface area contributed by atoms with Crippen LogP contribution in [0.2, 0.25) is 5.02 Å². The van der Waals surface area contributed by atoms with Crippen LogP contribution in [0.4, 0.5) is 0 Å². The molecule has 0 aliphatic heterocycles. The molecule has 0 spiro atoms. The highest BCUT2D eigenvalue weighted by Crippen LogP contribution is 2.35. The molecule has 1 radical (unpaired) electrons. The van der Waals surface area contributed by atoms with Crippen LogP contribution in [-0.2, 0) is 4.57 Å². The molecule has 0 heterocycles. The minimum absolute atomic E-state index is 0.0667. The molecule has 5 heteroatoms. The summed E-state index contributed by atoms with van der Waals surface area (Å²) in [5.74, 6) is 0. The van der Waals surface area contributed by atoms with Gasteiger partial charge in [0.1, 0.15) is 0 Å². The van der Waals surface area contributed by atoms with Crippen LogP contribution in [0.1, 0.15) is 0 Å². The van der Waals surface area contributed by atoms with Gasteiger partial charge in [0.15, 0.2) is 0 Å². The van der Waals surface area contributed by atoms with Crippen molar-refractivity contribution in [2.24, 2.45) is 0 Å². The number of hydrogen-bond donors (Lipinski definition) is 2. The summed E-state index contributed by atoms with van der Waals surface area (Å²) < 4.78 is 10.6. The second kappa shape index (κ2) is 2.95. The highest BCUT2D eigenvalue weighted by atomic mass is 35.5. The van der Waals surface area contributed by atoms with Crippen LogP contribution in [-0.4, -0.2) is 9.79 Å². The van der Waals surface area contributed by atoms with Crippen molar-refractivity contribution in [3.05, 3.63) is 29.3 Å². The SMILES string of the molecule is O=P(O)(O)c1c[c]ccc1Cl. The van der Waals surface area contributed by atoms with Gasteiger partial charge < -0.3 is 9.79 Å². The maximum absolute atomic E-state index is 10.6. The lowest BCUT2D eigenvalue weighted by Crippen LogP contribution is -2.04. The first-order valence-corrected chi connectivity index (χ1v) is 4.72. The Labute approximate surface area is 68.8 Å². The maximum Gasteiger partial charge on any atom is 0.357 e. The predicted octanol–water partition coefficient (Wildman–Crippen LogP) is 0.943. The Kier molecular flexibility index (Phi) is 2.35. The van der Waals surface area contributed by atoms with Gasteiger partial charge in [0.25, 0.3) is 0 Å². The van der Waals surface area contributed by atoms with E-state index < -0.39 is 7.60 Å². The molecule has 0 fully saturated rings. The maximum atomic E-state index is 10.6. The first kappa shape index (κ1) is 8.75. The molecule has 1 aromatic rings. The average molecular weight is 192 g/mol. The highest BCUT2D eigenvalue weighted by molar-refractivity contribution is 7.60. The fourth-order valence-corrected chi connectivity index (χ4v) is 1.67. The molecule has 0 saturated heterocycles. The molecule has 1 aromatic carbocycles. The average Bonchev–Trinajstić information content (AvgIpc) is 1.86. The molecule has 0 saturated carbocycles. The van der Waals surface area contributed by atoms with E-state index in [2.05, 4.69) is 6.07 Å². The second-order valence-corrected chi connectivity index (χ2v) is 3.90. The van der Waals surface area contributed by atoms with E-state index in [4.69, 9.17) is 21.4 Å². The van der Waals surface area contributed by atoms with Gasteiger partial charge in [-0.3, -0.25) is 4.57 Å². The molecular formula is C6H5ClO3P. The van der Waals surface area contributed by atoms with E-state index in [9.17, 15) is 4.57 Å². The van der Waals surface area contributed by atoms with E-state index in [-0.39, 0.29) is 10.3 Å². The molecule has 0 bridgehead atoms. The number of hydrogen-bond acceptors (Lipinski definition) is 1. The van der Waals surface area contributed by atoms with Crippen LogP contribution in [0.5, 0.6) is 0 Å². The van der Waals surface area contributed by atoms with Crippen molar-refractivity contribution < 1.29 is 14.4 Å². The summed E-state index contributed by atoms with van der Waals surface area (Å²) in [7, 11) is -4.22. The first-order valence-electron chi connectivity index (χ1n) is 2.73. The van der Waals surface area contributed by atoms with Gasteiger partial charge in [-0.05, 0) is 18.2 Å². The fraction of sp³-hybridized carbons (Fsp3) is 0. The lowest BCUT2D eigenvalue weighted by atomic mass is 10.4. The van der Waals surface area contributed by atoms with Crippen LogP contribution >= 0.6 is 19.2 Å². The van der Waals surface area contributed by atoms with Gasteiger partial charge in [-0.15, -0.1) is 0 Å². The zero-order valence-electron chi connectivity index (χ0n) is 5.36. The topological polar surface area (TPSA) is 57.5 Å². The minimum atomic E-state index is -4.22. The van der Waals surface area contributed by atoms with Crippen LogP contribution < -0.4 is 5.30 Å². The van der Waals surface area contributed by atoms with Crippen LogP contribution in [0.25, 0.3) is 0 Å². The van der Waals surface area contributed by atoms with Gasteiger partial charge in [0.2, 0.25) is 0 Å². The first-order chi connectivity index (χ1) is 5.02. The minimum Gasteiger partial charge on any atom is -0.321 e. The summed E-state index contributed by atoms with van der Waals surface area (Å²) in [4.78, 5) is 17.4. The van der Waals surface area contributed by atoms with Gasteiger partial charge in [-0.2, -0.15) is 0 Å². The zero-order valence-corrected chi connectivity index (χ0v) is 7.01. The van der Waals surface area contributed by atoms with E-state index >= 15 is 0 Å². The van der Waals surface area contributed by atoms with Gasteiger partial charge in [-0.1, -0.05) is 17.7 Å². The number of halogens is 1. The van der Waals surface area contributed by atoms with Crippen molar-refractivity contribution in [1.29, 1.82) is 0 Å². The third-order valence-electron chi connectivity index (χ3n) is 1.10. The van der Waals surface area contributed by atoms with E-state index in [0.29, 0.717) is 0 Å². The van der Waals surface area contributed by atoms with Gasteiger partial charge in [0.05, 0.1) is 10.3 Å². The quantitative estimate of drug-likeness (QED) is 0.650. The van der Waals surface area contributed by atoms with Gasteiger partial charge >= 0.3 is 7.60 Å². The normalized spacial score (nSPS) is 11.5. The summed E-state index contributed by atoms with van der Waals surface area (Å²) in [5, 5.41) is -0.112. The van der Waals surface area contributed by atoms with Crippen molar-refractivity contribution in [3.63, 3.8) is 0 Å². The smallest absolute Gasteiger partial charge is 0.321 e. The molecule has 1 rings (SSSR count). The Morgan fingerprint density at radius 3 is 2.55 bits per heavy atom. The van der Waals surface area contributed by atoms with Crippen LogP contribution in [0.15, 0.2) is 18.2 Å². The Hall–Kier alpha value is -0.340. The Morgan fingerprint density at radius 1 is 1.55 bits per heavy atom. The van der Waals surface area contributed by atoms with Crippen molar-refractivity contribution in [3.8, 4) is 0 Å². The summed E-state index contributed by atoms with van der Waals surface area (Å²) in [5.41, 5.74) is 0. The molecule has 59 valence electrons. The van der Waals surface area contributed by atoms with Crippen LogP contribution in [0, 0.1) is 6.07 Å². The predicted molar refractivity (Wildman–Crippen MR) is 42.0 cm³/mol. The van der Waals surface area contributed by atoms with Gasteiger partial charge in [0, 0.05) is 0 Å². The molecule has 11 heavy (non-hydrogen) atoms.